The second-order valence-electron chi connectivity index (χ2n) is 1.61. The molecule has 48 valence electrons. The first-order valence-electron chi connectivity index (χ1n) is 2.57. The van der Waals surface area contributed by atoms with Gasteiger partial charge < -0.3 is 0 Å². The van der Waals surface area contributed by atoms with Crippen molar-refractivity contribution >= 4 is 0 Å². The maximum Gasteiger partial charge on any atom is 0.0985 e. The van der Waals surface area contributed by atoms with E-state index in [1.54, 1.807) is 0 Å². The van der Waals surface area contributed by atoms with Crippen LogP contribution in [0, 0.1) is 22.7 Å². The van der Waals surface area contributed by atoms with Gasteiger partial charge in [-0.25, -0.2) is 0 Å². The Balaban J connectivity index is 4.07. The number of rotatable bonds is 2. The van der Waals surface area contributed by atoms with Crippen LogP contribution >= 0.6 is 0 Å². The van der Waals surface area contributed by atoms with E-state index in [-0.39, 0.29) is 0 Å². The van der Waals surface area contributed by atoms with E-state index in [4.69, 9.17) is 10.5 Å². The van der Waals surface area contributed by atoms with Crippen molar-refractivity contribution in [1.82, 2.24) is 0 Å². The number of allylic oxidation sites excluding steroid dienone is 4. The van der Waals surface area contributed by atoms with E-state index in [0.29, 0.717) is 11.1 Å². The fourth-order valence-corrected chi connectivity index (χ4v) is 0.276. The normalized spacial score (nSPS) is 8.20. The largest absolute Gasteiger partial charge is 0.192 e. The van der Waals surface area contributed by atoms with Crippen LogP contribution in [0.3, 0.4) is 0 Å². The lowest BCUT2D eigenvalue weighted by molar-refractivity contribution is 1.49. The molecule has 0 aliphatic rings. The number of nitrogens with zero attached hydrogens (tertiary/aromatic N) is 2. The molecule has 0 bridgehead atoms. The predicted molar refractivity (Wildman–Crippen MR) is 38.6 cm³/mol. The number of hydrogen-bond donors (Lipinski definition) is 0. The Morgan fingerprint density at radius 1 is 1.00 bits per heavy atom. The minimum atomic E-state index is 0.316. The summed E-state index contributed by atoms with van der Waals surface area (Å²) < 4.78 is 0. The summed E-state index contributed by atoms with van der Waals surface area (Å²) in [5.41, 5.74) is 0.632. The van der Waals surface area contributed by atoms with E-state index in [1.807, 2.05) is 12.1 Å². The van der Waals surface area contributed by atoms with Crippen LogP contribution in [-0.2, 0) is 0 Å². The van der Waals surface area contributed by atoms with Crippen LogP contribution < -0.4 is 0 Å². The average Bonchev–Trinajstić information content (AvgIpc) is 1.99. The van der Waals surface area contributed by atoms with Crippen molar-refractivity contribution < 1.29 is 0 Å². The smallest absolute Gasteiger partial charge is 0.0985 e. The fraction of sp³-hybridized carbons (Fsp3) is 0. The van der Waals surface area contributed by atoms with Crippen LogP contribution in [0.25, 0.3) is 0 Å². The Bertz CT molecular complexity index is 230. The zero-order chi connectivity index (χ0) is 7.98. The summed E-state index contributed by atoms with van der Waals surface area (Å²) in [6.45, 7) is 6.76. The van der Waals surface area contributed by atoms with Gasteiger partial charge in [0.05, 0.1) is 12.1 Å². The van der Waals surface area contributed by atoms with Gasteiger partial charge in [-0.1, -0.05) is 13.2 Å². The van der Waals surface area contributed by atoms with E-state index in [1.165, 1.54) is 12.2 Å². The SMILES string of the molecule is C=C(C#N)/C=C\C(=C)C#N. The third kappa shape index (κ3) is 3.23. The molecular weight excluding hydrogens is 124 g/mol. The highest BCUT2D eigenvalue weighted by atomic mass is 14.2. The molecule has 0 N–H and O–H groups in total. The monoisotopic (exact) mass is 130 g/mol. The van der Waals surface area contributed by atoms with Crippen LogP contribution in [0.4, 0.5) is 0 Å². The molecule has 0 spiro atoms. The minimum absolute atomic E-state index is 0.316. The molecule has 0 heterocycles. The number of nitriles is 2. The topological polar surface area (TPSA) is 47.6 Å². The molecule has 0 rings (SSSR count). The lowest BCUT2D eigenvalue weighted by Crippen LogP contribution is -1.68. The molecule has 2 nitrogen and oxygen atoms in total. The van der Waals surface area contributed by atoms with Gasteiger partial charge in [0.15, 0.2) is 0 Å². The second kappa shape index (κ2) is 4.12. The number of hydrogen-bond acceptors (Lipinski definition) is 2. The minimum Gasteiger partial charge on any atom is -0.192 e. The molecule has 2 heteroatoms. The lowest BCUT2D eigenvalue weighted by Gasteiger charge is -1.80. The second-order valence-corrected chi connectivity index (χ2v) is 1.61. The van der Waals surface area contributed by atoms with Crippen LogP contribution in [0.1, 0.15) is 0 Å². The maximum atomic E-state index is 8.21. The molecular formula is C8H6N2. The summed E-state index contributed by atoms with van der Waals surface area (Å²) >= 11 is 0. The Kier molecular flexibility index (Phi) is 3.38. The van der Waals surface area contributed by atoms with Crippen molar-refractivity contribution in [2.45, 2.75) is 0 Å². The van der Waals surface area contributed by atoms with Crippen molar-refractivity contribution in [3.8, 4) is 12.1 Å². The van der Waals surface area contributed by atoms with Gasteiger partial charge in [-0.05, 0) is 12.2 Å². The van der Waals surface area contributed by atoms with Gasteiger partial charge in [-0.3, -0.25) is 0 Å². The summed E-state index contributed by atoms with van der Waals surface area (Å²) in [7, 11) is 0. The molecule has 0 aliphatic heterocycles. The Hall–Kier alpha value is -1.80. The molecule has 0 aromatic carbocycles. The fourth-order valence-electron chi connectivity index (χ4n) is 0.276. The molecule has 10 heavy (non-hydrogen) atoms. The first-order valence-corrected chi connectivity index (χ1v) is 2.57. The average molecular weight is 130 g/mol. The third-order valence-corrected chi connectivity index (χ3v) is 0.773. The van der Waals surface area contributed by atoms with Gasteiger partial charge in [-0.2, -0.15) is 10.5 Å². The van der Waals surface area contributed by atoms with E-state index in [9.17, 15) is 0 Å². The van der Waals surface area contributed by atoms with E-state index in [0.717, 1.165) is 0 Å². The molecule has 0 aliphatic carbocycles. The quantitative estimate of drug-likeness (QED) is 0.422. The van der Waals surface area contributed by atoms with E-state index in [2.05, 4.69) is 13.2 Å². The summed E-state index contributed by atoms with van der Waals surface area (Å²) in [5.74, 6) is 0. The Labute approximate surface area is 60.0 Å². The lowest BCUT2D eigenvalue weighted by atomic mass is 10.2. The van der Waals surface area contributed by atoms with Crippen LogP contribution in [0.2, 0.25) is 0 Å². The molecule has 0 saturated heterocycles. The Morgan fingerprint density at radius 2 is 1.30 bits per heavy atom. The summed E-state index contributed by atoms with van der Waals surface area (Å²) in [4.78, 5) is 0. The van der Waals surface area contributed by atoms with Crippen LogP contribution in [0.15, 0.2) is 36.5 Å². The highest BCUT2D eigenvalue weighted by molar-refractivity contribution is 5.38. The third-order valence-electron chi connectivity index (χ3n) is 0.773. The standard InChI is InChI=1S/C8H6N2/c1-7(5-9)3-4-8(2)6-10/h3-4H,1-2H2/b4-3-. The first kappa shape index (κ1) is 8.20. The molecule has 0 radical (unpaired) electrons. The summed E-state index contributed by atoms with van der Waals surface area (Å²) in [5, 5.41) is 16.4. The molecule has 0 aromatic heterocycles. The molecule has 0 unspecified atom stereocenters. The van der Waals surface area contributed by atoms with Gasteiger partial charge in [0.2, 0.25) is 0 Å². The molecule has 0 aromatic rings. The highest BCUT2D eigenvalue weighted by Crippen LogP contribution is 1.94. The van der Waals surface area contributed by atoms with Crippen molar-refractivity contribution in [2.24, 2.45) is 0 Å². The maximum absolute atomic E-state index is 8.21. The van der Waals surface area contributed by atoms with Gasteiger partial charge in [0.25, 0.3) is 0 Å². The van der Waals surface area contributed by atoms with Gasteiger partial charge in [-0.15, -0.1) is 0 Å². The van der Waals surface area contributed by atoms with Gasteiger partial charge >= 0.3 is 0 Å². The highest BCUT2D eigenvalue weighted by Gasteiger charge is 1.82. The first-order chi connectivity index (χ1) is 4.70. The Morgan fingerprint density at radius 3 is 1.50 bits per heavy atom. The molecule has 0 amide bonds. The van der Waals surface area contributed by atoms with E-state index < -0.39 is 0 Å². The van der Waals surface area contributed by atoms with Crippen LogP contribution in [-0.4, -0.2) is 0 Å². The summed E-state index contributed by atoms with van der Waals surface area (Å²) in [6.07, 6.45) is 2.90. The molecule has 0 atom stereocenters. The van der Waals surface area contributed by atoms with Crippen molar-refractivity contribution in [3.05, 3.63) is 36.5 Å². The van der Waals surface area contributed by atoms with Gasteiger partial charge in [0.1, 0.15) is 0 Å². The zero-order valence-corrected chi connectivity index (χ0v) is 5.46. The van der Waals surface area contributed by atoms with E-state index >= 15 is 0 Å². The van der Waals surface area contributed by atoms with Crippen molar-refractivity contribution in [2.75, 3.05) is 0 Å². The molecule has 0 saturated carbocycles. The molecule has 0 fully saturated rings. The zero-order valence-electron chi connectivity index (χ0n) is 5.46. The van der Waals surface area contributed by atoms with Gasteiger partial charge in [0, 0.05) is 11.1 Å². The van der Waals surface area contributed by atoms with Crippen molar-refractivity contribution in [3.63, 3.8) is 0 Å². The van der Waals surface area contributed by atoms with Crippen LogP contribution in [0.5, 0.6) is 0 Å². The predicted octanol–water partition coefficient (Wildman–Crippen LogP) is 1.70. The summed E-state index contributed by atoms with van der Waals surface area (Å²) in [6, 6.07) is 3.63. The van der Waals surface area contributed by atoms with Crippen molar-refractivity contribution in [1.29, 1.82) is 10.5 Å².